The Morgan fingerprint density at radius 3 is 2.50 bits per heavy atom. The minimum absolute atomic E-state index is 0.243. The summed E-state index contributed by atoms with van der Waals surface area (Å²) in [6.07, 6.45) is 6.87. The zero-order chi connectivity index (χ0) is 23.3. The van der Waals surface area contributed by atoms with Gasteiger partial charge in [-0.2, -0.15) is 0 Å². The number of amides is 1. The maximum Gasteiger partial charge on any atom is 0.281 e. The Bertz CT molecular complexity index is 1090. The van der Waals surface area contributed by atoms with Crippen LogP contribution in [0, 0.1) is 0 Å². The molecule has 0 bridgehead atoms. The molecule has 32 heavy (non-hydrogen) atoms. The monoisotopic (exact) mass is 439 g/mol. The van der Waals surface area contributed by atoms with E-state index in [1.54, 1.807) is 43.5 Å². The summed E-state index contributed by atoms with van der Waals surface area (Å²) in [5.74, 6) is 0.849. The molecule has 2 N–H and O–H groups in total. The third-order valence-corrected chi connectivity index (χ3v) is 4.76. The van der Waals surface area contributed by atoms with Gasteiger partial charge in [-0.1, -0.05) is 12.1 Å². The molecular weight excluding hydrogens is 414 g/mol. The van der Waals surface area contributed by atoms with Gasteiger partial charge in [0.15, 0.2) is 23.9 Å². The summed E-state index contributed by atoms with van der Waals surface area (Å²) >= 11 is 0. The fourth-order valence-corrected chi connectivity index (χ4v) is 3.15. The number of ketones is 1. The van der Waals surface area contributed by atoms with E-state index in [0.717, 1.165) is 0 Å². The Morgan fingerprint density at radius 1 is 1.09 bits per heavy atom. The van der Waals surface area contributed by atoms with Crippen LogP contribution in [0.2, 0.25) is 0 Å². The average molecular weight is 439 g/mol. The predicted octanol–water partition coefficient (Wildman–Crippen LogP) is 3.67. The topological polar surface area (TPSA) is 103 Å². The molecule has 0 saturated heterocycles. The smallest absolute Gasteiger partial charge is 0.281 e. The van der Waals surface area contributed by atoms with E-state index in [4.69, 9.17) is 24.2 Å². The quantitative estimate of drug-likeness (QED) is 0.280. The third kappa shape index (κ3) is 5.09. The van der Waals surface area contributed by atoms with Crippen LogP contribution in [0.15, 0.2) is 42.5 Å². The van der Waals surface area contributed by atoms with Gasteiger partial charge in [-0.15, -0.1) is 0 Å². The van der Waals surface area contributed by atoms with E-state index in [0.29, 0.717) is 39.7 Å². The molecule has 2 aromatic carbocycles. The standard InChI is InChI=1S/C24H25NO7/c1-24(2)12-11-17-19(29-3)10-7-16(23(17)32-24)18(26)8-5-15-6-9-20(30-4)21(13-15)31-14-22(27)25-28/h5-13,28H,14H2,1-4H3,(H,25,27)/b8-5+. The van der Waals surface area contributed by atoms with Crippen LogP contribution in [-0.4, -0.2) is 43.3 Å². The Kier molecular flexibility index (Phi) is 6.85. The van der Waals surface area contributed by atoms with E-state index in [1.165, 1.54) is 18.7 Å². The van der Waals surface area contributed by atoms with Crippen molar-refractivity contribution in [3.8, 4) is 23.0 Å². The number of nitrogens with one attached hydrogen (secondary N) is 1. The molecule has 1 aliphatic rings. The Balaban J connectivity index is 1.87. The van der Waals surface area contributed by atoms with Gasteiger partial charge in [0.2, 0.25) is 0 Å². The predicted molar refractivity (Wildman–Crippen MR) is 119 cm³/mol. The van der Waals surface area contributed by atoms with Crippen LogP contribution in [0.4, 0.5) is 0 Å². The Hall–Kier alpha value is -3.78. The first-order valence-corrected chi connectivity index (χ1v) is 9.83. The number of carbonyl (C=O) groups excluding carboxylic acids is 2. The van der Waals surface area contributed by atoms with E-state index in [-0.39, 0.29) is 5.78 Å². The van der Waals surface area contributed by atoms with Crippen LogP contribution < -0.4 is 24.4 Å². The Labute approximate surface area is 186 Å². The number of methoxy groups -OCH3 is 2. The molecule has 8 heteroatoms. The van der Waals surface area contributed by atoms with Crippen LogP contribution in [0.25, 0.3) is 12.2 Å². The molecule has 1 heterocycles. The second-order valence-corrected chi connectivity index (χ2v) is 7.53. The normalized spacial score (nSPS) is 13.8. The molecule has 1 aliphatic heterocycles. The van der Waals surface area contributed by atoms with Crippen molar-refractivity contribution < 1.29 is 33.7 Å². The lowest BCUT2D eigenvalue weighted by molar-refractivity contribution is -0.131. The summed E-state index contributed by atoms with van der Waals surface area (Å²) in [7, 11) is 3.04. The van der Waals surface area contributed by atoms with Gasteiger partial charge in [0.1, 0.15) is 17.1 Å². The number of hydrogen-bond donors (Lipinski definition) is 2. The molecule has 168 valence electrons. The Morgan fingerprint density at radius 2 is 1.81 bits per heavy atom. The lowest BCUT2D eigenvalue weighted by atomic mass is 9.97. The maximum absolute atomic E-state index is 13.0. The van der Waals surface area contributed by atoms with Crippen LogP contribution >= 0.6 is 0 Å². The van der Waals surface area contributed by atoms with Gasteiger partial charge >= 0.3 is 0 Å². The number of hydrogen-bond acceptors (Lipinski definition) is 7. The number of allylic oxidation sites excluding steroid dienone is 1. The molecule has 0 saturated carbocycles. The molecule has 0 aliphatic carbocycles. The number of hydroxylamine groups is 1. The largest absolute Gasteiger partial charge is 0.496 e. The van der Waals surface area contributed by atoms with Crippen LogP contribution in [0.1, 0.15) is 35.3 Å². The fraction of sp³-hybridized carbons (Fsp3) is 0.250. The average Bonchev–Trinajstić information content (AvgIpc) is 2.79. The SMILES string of the molecule is COc1ccc(/C=C/C(=O)c2ccc(OC)c3c2OC(C)(C)C=C3)cc1OCC(=O)NO. The molecular formula is C24H25NO7. The summed E-state index contributed by atoms with van der Waals surface area (Å²) in [6.45, 7) is 3.43. The van der Waals surface area contributed by atoms with E-state index < -0.39 is 18.1 Å². The molecule has 1 amide bonds. The lowest BCUT2D eigenvalue weighted by Gasteiger charge is -2.29. The van der Waals surface area contributed by atoms with E-state index in [2.05, 4.69) is 0 Å². The molecule has 0 unspecified atom stereocenters. The fourth-order valence-electron chi connectivity index (χ4n) is 3.15. The highest BCUT2D eigenvalue weighted by Gasteiger charge is 2.27. The highest BCUT2D eigenvalue weighted by atomic mass is 16.5. The molecule has 2 aromatic rings. The van der Waals surface area contributed by atoms with Gasteiger partial charge in [-0.25, -0.2) is 5.48 Å². The molecule has 0 spiro atoms. The minimum atomic E-state index is -0.704. The van der Waals surface area contributed by atoms with Gasteiger partial charge in [0, 0.05) is 0 Å². The summed E-state index contributed by atoms with van der Waals surface area (Å²) in [5, 5.41) is 8.62. The van der Waals surface area contributed by atoms with E-state index in [1.807, 2.05) is 26.0 Å². The van der Waals surface area contributed by atoms with Crippen molar-refractivity contribution in [1.29, 1.82) is 0 Å². The number of fused-ring (bicyclic) bond motifs is 1. The summed E-state index contributed by atoms with van der Waals surface area (Å²) in [4.78, 5) is 24.2. The first-order chi connectivity index (χ1) is 15.3. The van der Waals surface area contributed by atoms with Crippen LogP contribution in [0.5, 0.6) is 23.0 Å². The first-order valence-electron chi connectivity index (χ1n) is 9.83. The van der Waals surface area contributed by atoms with Crippen molar-refractivity contribution in [2.75, 3.05) is 20.8 Å². The van der Waals surface area contributed by atoms with Crippen molar-refractivity contribution >= 4 is 23.8 Å². The van der Waals surface area contributed by atoms with Crippen molar-refractivity contribution in [2.45, 2.75) is 19.4 Å². The minimum Gasteiger partial charge on any atom is -0.496 e. The van der Waals surface area contributed by atoms with E-state index in [9.17, 15) is 9.59 Å². The number of ether oxygens (including phenoxy) is 4. The van der Waals surface area contributed by atoms with Gasteiger partial charge in [-0.3, -0.25) is 14.8 Å². The maximum atomic E-state index is 13.0. The van der Waals surface area contributed by atoms with Crippen molar-refractivity contribution in [2.24, 2.45) is 0 Å². The van der Waals surface area contributed by atoms with E-state index >= 15 is 0 Å². The van der Waals surface area contributed by atoms with Gasteiger partial charge in [0.05, 0.1) is 25.3 Å². The summed E-state index contributed by atoms with van der Waals surface area (Å²) in [5.41, 5.74) is 2.73. The molecule has 8 nitrogen and oxygen atoms in total. The molecule has 0 aromatic heterocycles. The first kappa shape index (κ1) is 22.9. The summed E-state index contributed by atoms with van der Waals surface area (Å²) < 4.78 is 22.1. The highest BCUT2D eigenvalue weighted by molar-refractivity contribution is 6.09. The van der Waals surface area contributed by atoms with Crippen LogP contribution in [0.3, 0.4) is 0 Å². The van der Waals surface area contributed by atoms with Gasteiger partial charge in [-0.05, 0) is 61.9 Å². The zero-order valence-corrected chi connectivity index (χ0v) is 18.3. The number of rotatable bonds is 8. The second-order valence-electron chi connectivity index (χ2n) is 7.53. The highest BCUT2D eigenvalue weighted by Crippen LogP contribution is 2.40. The molecule has 0 radical (unpaired) electrons. The summed E-state index contributed by atoms with van der Waals surface area (Å²) in [6, 6.07) is 8.43. The van der Waals surface area contributed by atoms with Gasteiger partial charge in [0.25, 0.3) is 5.91 Å². The number of benzene rings is 2. The van der Waals surface area contributed by atoms with Crippen molar-refractivity contribution in [3.05, 3.63) is 59.2 Å². The second kappa shape index (κ2) is 9.57. The zero-order valence-electron chi connectivity index (χ0n) is 18.3. The van der Waals surface area contributed by atoms with Crippen LogP contribution in [-0.2, 0) is 4.79 Å². The third-order valence-electron chi connectivity index (χ3n) is 4.76. The van der Waals surface area contributed by atoms with Crippen molar-refractivity contribution in [3.63, 3.8) is 0 Å². The molecule has 3 rings (SSSR count). The van der Waals surface area contributed by atoms with Crippen molar-refractivity contribution in [1.82, 2.24) is 5.48 Å². The molecule has 0 atom stereocenters. The van der Waals surface area contributed by atoms with Gasteiger partial charge < -0.3 is 18.9 Å². The lowest BCUT2D eigenvalue weighted by Crippen LogP contribution is -2.28. The number of carbonyl (C=O) groups is 2. The molecule has 0 fully saturated rings.